The second-order valence-corrected chi connectivity index (χ2v) is 8.57. The van der Waals surface area contributed by atoms with Gasteiger partial charge in [0.05, 0.1) is 6.61 Å². The van der Waals surface area contributed by atoms with E-state index < -0.39 is 0 Å². The maximum atomic E-state index is 8.76. The zero-order valence-corrected chi connectivity index (χ0v) is 16.3. The Labute approximate surface area is 145 Å². The summed E-state index contributed by atoms with van der Waals surface area (Å²) in [6.07, 6.45) is 15.8. The van der Waals surface area contributed by atoms with Crippen molar-refractivity contribution in [3.8, 4) is 0 Å². The van der Waals surface area contributed by atoms with Crippen molar-refractivity contribution >= 4 is 0 Å². The SMILES string of the molecule is CC1=C(CC[C@H](C)CCC[C@H](C)C/C=C/CO)C(C)(C)CCC1. The molecule has 0 fully saturated rings. The van der Waals surface area contributed by atoms with Gasteiger partial charge < -0.3 is 5.11 Å². The minimum Gasteiger partial charge on any atom is -0.392 e. The lowest BCUT2D eigenvalue weighted by molar-refractivity contribution is 0.339. The Morgan fingerprint density at radius 2 is 1.78 bits per heavy atom. The van der Waals surface area contributed by atoms with Gasteiger partial charge in [0.2, 0.25) is 0 Å². The van der Waals surface area contributed by atoms with Gasteiger partial charge in [-0.15, -0.1) is 0 Å². The molecule has 23 heavy (non-hydrogen) atoms. The molecule has 0 aliphatic heterocycles. The Hall–Kier alpha value is -0.560. The van der Waals surface area contributed by atoms with Crippen LogP contribution < -0.4 is 0 Å². The molecule has 1 aliphatic carbocycles. The summed E-state index contributed by atoms with van der Waals surface area (Å²) in [6.45, 7) is 12.2. The largest absolute Gasteiger partial charge is 0.392 e. The molecule has 0 spiro atoms. The van der Waals surface area contributed by atoms with E-state index in [2.05, 4.69) is 40.7 Å². The van der Waals surface area contributed by atoms with Gasteiger partial charge in [0, 0.05) is 0 Å². The molecule has 0 aromatic carbocycles. The molecule has 1 nitrogen and oxygen atoms in total. The summed E-state index contributed by atoms with van der Waals surface area (Å²) in [5.41, 5.74) is 3.88. The molecule has 0 heterocycles. The molecule has 0 bridgehead atoms. The molecular formula is C22H40O. The topological polar surface area (TPSA) is 20.2 Å². The Morgan fingerprint density at radius 1 is 1.09 bits per heavy atom. The second-order valence-electron chi connectivity index (χ2n) is 8.57. The highest BCUT2D eigenvalue weighted by Crippen LogP contribution is 2.42. The highest BCUT2D eigenvalue weighted by atomic mass is 16.2. The van der Waals surface area contributed by atoms with E-state index in [-0.39, 0.29) is 6.61 Å². The lowest BCUT2D eigenvalue weighted by Crippen LogP contribution is -2.20. The fourth-order valence-corrected chi connectivity index (χ4v) is 4.10. The summed E-state index contributed by atoms with van der Waals surface area (Å²) in [5, 5.41) is 8.76. The molecule has 134 valence electrons. The van der Waals surface area contributed by atoms with Crippen LogP contribution in [0.1, 0.15) is 92.4 Å². The highest BCUT2D eigenvalue weighted by molar-refractivity contribution is 5.22. The van der Waals surface area contributed by atoms with Crippen molar-refractivity contribution in [3.63, 3.8) is 0 Å². The van der Waals surface area contributed by atoms with Crippen LogP contribution in [-0.4, -0.2) is 11.7 Å². The predicted octanol–water partition coefficient (Wildman–Crippen LogP) is 6.67. The van der Waals surface area contributed by atoms with Crippen LogP contribution >= 0.6 is 0 Å². The molecule has 0 radical (unpaired) electrons. The van der Waals surface area contributed by atoms with Crippen LogP contribution in [0.4, 0.5) is 0 Å². The third kappa shape index (κ3) is 7.70. The van der Waals surface area contributed by atoms with E-state index in [0.29, 0.717) is 5.41 Å². The van der Waals surface area contributed by atoms with Crippen molar-refractivity contribution in [1.82, 2.24) is 0 Å². The molecule has 1 N–H and O–H groups in total. The van der Waals surface area contributed by atoms with Gasteiger partial charge in [0.1, 0.15) is 0 Å². The summed E-state index contributed by atoms with van der Waals surface area (Å²) >= 11 is 0. The van der Waals surface area contributed by atoms with Crippen LogP contribution in [0.2, 0.25) is 0 Å². The average Bonchev–Trinajstić information content (AvgIpc) is 2.46. The Morgan fingerprint density at radius 3 is 2.43 bits per heavy atom. The summed E-state index contributed by atoms with van der Waals surface area (Å²) in [7, 11) is 0. The highest BCUT2D eigenvalue weighted by Gasteiger charge is 2.27. The molecule has 0 aromatic rings. The standard InChI is InChI=1S/C22H40O/c1-18(10-6-7-17-23)11-8-12-19(2)14-15-21-20(3)13-9-16-22(21,4)5/h6-7,18-19,23H,8-17H2,1-5H3/b7-6+/t18-,19-/m1/s1. The number of hydrogen-bond donors (Lipinski definition) is 1. The maximum absolute atomic E-state index is 8.76. The van der Waals surface area contributed by atoms with Crippen LogP contribution in [0, 0.1) is 17.3 Å². The summed E-state index contributed by atoms with van der Waals surface area (Å²) in [4.78, 5) is 0. The Kier molecular flexibility index (Phi) is 9.20. The van der Waals surface area contributed by atoms with E-state index in [1.54, 1.807) is 11.1 Å². The fourth-order valence-electron chi connectivity index (χ4n) is 4.10. The van der Waals surface area contributed by atoms with Gasteiger partial charge in [-0.3, -0.25) is 0 Å². The number of aliphatic hydroxyl groups is 1. The third-order valence-electron chi connectivity index (χ3n) is 5.78. The van der Waals surface area contributed by atoms with Crippen molar-refractivity contribution < 1.29 is 5.11 Å². The molecule has 1 heteroatoms. The molecule has 1 aliphatic rings. The molecule has 0 amide bonds. The van der Waals surface area contributed by atoms with Crippen molar-refractivity contribution in [1.29, 1.82) is 0 Å². The lowest BCUT2D eigenvalue weighted by atomic mass is 9.70. The minimum absolute atomic E-state index is 0.176. The second kappa shape index (κ2) is 10.3. The van der Waals surface area contributed by atoms with E-state index >= 15 is 0 Å². The monoisotopic (exact) mass is 320 g/mol. The number of allylic oxidation sites excluding steroid dienone is 3. The fraction of sp³-hybridized carbons (Fsp3) is 0.818. The van der Waals surface area contributed by atoms with Crippen LogP contribution in [0.5, 0.6) is 0 Å². The first-order chi connectivity index (χ1) is 10.9. The molecule has 0 unspecified atom stereocenters. The van der Waals surface area contributed by atoms with Gasteiger partial charge in [-0.05, 0) is 62.7 Å². The molecule has 0 saturated carbocycles. The van der Waals surface area contributed by atoms with Crippen LogP contribution in [0.25, 0.3) is 0 Å². The third-order valence-corrected chi connectivity index (χ3v) is 5.78. The van der Waals surface area contributed by atoms with Crippen molar-refractivity contribution in [2.45, 2.75) is 92.4 Å². The van der Waals surface area contributed by atoms with Crippen LogP contribution in [0.3, 0.4) is 0 Å². The van der Waals surface area contributed by atoms with E-state index in [1.165, 1.54) is 51.4 Å². The van der Waals surface area contributed by atoms with Crippen molar-refractivity contribution in [2.75, 3.05) is 6.61 Å². The predicted molar refractivity (Wildman–Crippen MR) is 103 cm³/mol. The van der Waals surface area contributed by atoms with Crippen molar-refractivity contribution in [2.24, 2.45) is 17.3 Å². The first-order valence-electron chi connectivity index (χ1n) is 9.81. The van der Waals surface area contributed by atoms with Gasteiger partial charge in [-0.25, -0.2) is 0 Å². The normalized spacial score (nSPS) is 21.0. The van der Waals surface area contributed by atoms with Gasteiger partial charge in [0.15, 0.2) is 0 Å². The molecule has 0 saturated heterocycles. The molecular weight excluding hydrogens is 280 g/mol. The lowest BCUT2D eigenvalue weighted by Gasteiger charge is -2.35. The molecule has 2 atom stereocenters. The van der Waals surface area contributed by atoms with Gasteiger partial charge in [0.25, 0.3) is 0 Å². The zero-order valence-electron chi connectivity index (χ0n) is 16.3. The van der Waals surface area contributed by atoms with E-state index in [0.717, 1.165) is 18.3 Å². The Balaban J connectivity index is 2.26. The summed E-state index contributed by atoms with van der Waals surface area (Å²) < 4.78 is 0. The van der Waals surface area contributed by atoms with E-state index in [1.807, 2.05) is 6.08 Å². The summed E-state index contributed by atoms with van der Waals surface area (Å²) in [6, 6.07) is 0. The number of hydrogen-bond acceptors (Lipinski definition) is 1. The van der Waals surface area contributed by atoms with Crippen molar-refractivity contribution in [3.05, 3.63) is 23.3 Å². The first kappa shape index (κ1) is 20.5. The van der Waals surface area contributed by atoms with E-state index in [4.69, 9.17) is 5.11 Å². The van der Waals surface area contributed by atoms with Gasteiger partial charge in [-0.1, -0.05) is 70.3 Å². The quantitative estimate of drug-likeness (QED) is 0.445. The number of rotatable bonds is 10. The van der Waals surface area contributed by atoms with Crippen LogP contribution in [-0.2, 0) is 0 Å². The Bertz CT molecular complexity index is 389. The van der Waals surface area contributed by atoms with Gasteiger partial charge >= 0.3 is 0 Å². The first-order valence-corrected chi connectivity index (χ1v) is 9.81. The molecule has 1 rings (SSSR count). The zero-order chi connectivity index (χ0) is 17.3. The number of aliphatic hydroxyl groups excluding tert-OH is 1. The summed E-state index contributed by atoms with van der Waals surface area (Å²) in [5.74, 6) is 1.58. The minimum atomic E-state index is 0.176. The average molecular weight is 321 g/mol. The van der Waals surface area contributed by atoms with Crippen LogP contribution in [0.15, 0.2) is 23.3 Å². The smallest absolute Gasteiger partial charge is 0.0612 e. The molecule has 0 aromatic heterocycles. The van der Waals surface area contributed by atoms with E-state index in [9.17, 15) is 0 Å². The maximum Gasteiger partial charge on any atom is 0.0612 e. The van der Waals surface area contributed by atoms with Gasteiger partial charge in [-0.2, -0.15) is 0 Å².